The molecule has 0 saturated carbocycles. The van der Waals surface area contributed by atoms with E-state index in [0.717, 1.165) is 18.4 Å². The largest absolute Gasteiger partial charge is 0.493 e. The molecular weight excluding hydrogens is 510 g/mol. The third-order valence-electron chi connectivity index (χ3n) is 8.06. The van der Waals surface area contributed by atoms with Crippen molar-refractivity contribution in [2.75, 3.05) is 34.0 Å². The number of nitrogens with one attached hydrogen (secondary N) is 1. The molecule has 5 N–H and O–H groups in total. The van der Waals surface area contributed by atoms with Gasteiger partial charge >= 0.3 is 0 Å². The quantitative estimate of drug-likeness (QED) is 0.0990. The fraction of sp³-hybridized carbons (Fsp3) is 0.742. The maximum atomic E-state index is 13.2. The summed E-state index contributed by atoms with van der Waals surface area (Å²) in [6.07, 6.45) is 8.03. The van der Waals surface area contributed by atoms with Crippen molar-refractivity contribution in [2.24, 2.45) is 40.6 Å². The molecule has 9 nitrogen and oxygen atoms in total. The van der Waals surface area contributed by atoms with Gasteiger partial charge in [0.05, 0.1) is 19.8 Å². The summed E-state index contributed by atoms with van der Waals surface area (Å²) in [5.74, 6) is 1.22. The van der Waals surface area contributed by atoms with Crippen LogP contribution in [0, 0.1) is 29.1 Å². The zero-order chi connectivity index (χ0) is 30.0. The van der Waals surface area contributed by atoms with Crippen LogP contribution in [0.5, 0.6) is 0 Å². The molecule has 1 fully saturated rings. The predicted molar refractivity (Wildman–Crippen MR) is 157 cm³/mol. The highest BCUT2D eigenvalue weighted by Gasteiger charge is 2.47. The lowest BCUT2D eigenvalue weighted by Gasteiger charge is -2.27. The first-order chi connectivity index (χ1) is 18.8. The van der Waals surface area contributed by atoms with Crippen molar-refractivity contribution in [3.63, 3.8) is 0 Å². The standard InChI is InChI=1S/C31H53N3O6/c1-9-26(38-8)27(39-12-10-11-37-7)15-21-13-20(4)22(14-21)16-24(32)25(35)17-23(19(2)3)30(36)34-18-31(5,6)28-29(33)40-28/h9,13,15,19-20,22-24,28-29H,10-12,14,16-18,32-33H2,1-8H3,(H,34,36)/b26-9+,27-15+/t20?,22-,23-,24-,28?,29?/m0/s1. The number of amides is 1. The fourth-order valence-electron chi connectivity index (χ4n) is 5.29. The molecule has 0 radical (unpaired) electrons. The van der Waals surface area contributed by atoms with E-state index in [1.165, 1.54) is 0 Å². The molecule has 228 valence electrons. The van der Waals surface area contributed by atoms with E-state index in [9.17, 15) is 9.59 Å². The van der Waals surface area contributed by atoms with Gasteiger partial charge in [-0.05, 0) is 55.2 Å². The molecule has 2 aliphatic rings. The van der Waals surface area contributed by atoms with Gasteiger partial charge in [0, 0.05) is 44.4 Å². The van der Waals surface area contributed by atoms with E-state index >= 15 is 0 Å². The molecule has 2 rings (SSSR count). The smallest absolute Gasteiger partial charge is 0.223 e. The van der Waals surface area contributed by atoms with E-state index < -0.39 is 12.0 Å². The lowest BCUT2D eigenvalue weighted by molar-refractivity contribution is -0.131. The van der Waals surface area contributed by atoms with Crippen LogP contribution >= 0.6 is 0 Å². The molecule has 1 aliphatic heterocycles. The van der Waals surface area contributed by atoms with Gasteiger partial charge in [-0.15, -0.1) is 0 Å². The SMILES string of the molecule is C/C=C(OC)\C(=C/C1=CC(C)[C@H](C[C@H](N)C(=O)C[C@H](C(=O)NCC(C)(C)C2OC2N)C(C)C)C1)OCCCOC. The van der Waals surface area contributed by atoms with E-state index in [1.807, 2.05) is 46.8 Å². The van der Waals surface area contributed by atoms with Gasteiger partial charge in [-0.1, -0.05) is 40.7 Å². The first-order valence-electron chi connectivity index (χ1n) is 14.6. The molecule has 0 aromatic carbocycles. The number of rotatable bonds is 18. The third-order valence-corrected chi connectivity index (χ3v) is 8.06. The van der Waals surface area contributed by atoms with Gasteiger partial charge in [0.1, 0.15) is 18.1 Å². The Morgan fingerprint density at radius 2 is 1.90 bits per heavy atom. The van der Waals surface area contributed by atoms with Crippen LogP contribution in [0.1, 0.15) is 67.2 Å². The average Bonchev–Trinajstić information content (AvgIpc) is 3.56. The summed E-state index contributed by atoms with van der Waals surface area (Å²) in [6, 6.07) is -0.623. The van der Waals surface area contributed by atoms with Crippen molar-refractivity contribution in [1.82, 2.24) is 5.32 Å². The van der Waals surface area contributed by atoms with Crippen LogP contribution in [0.2, 0.25) is 0 Å². The molecule has 1 saturated heterocycles. The van der Waals surface area contributed by atoms with Crippen LogP contribution in [0.3, 0.4) is 0 Å². The van der Waals surface area contributed by atoms with Crippen LogP contribution < -0.4 is 16.8 Å². The Labute approximate surface area is 241 Å². The lowest BCUT2D eigenvalue weighted by Crippen LogP contribution is -2.44. The van der Waals surface area contributed by atoms with Gasteiger partial charge in [-0.25, -0.2) is 0 Å². The average molecular weight is 564 g/mol. The number of allylic oxidation sites excluding steroid dienone is 4. The second-order valence-corrected chi connectivity index (χ2v) is 12.2. The first-order valence-corrected chi connectivity index (χ1v) is 14.6. The summed E-state index contributed by atoms with van der Waals surface area (Å²) in [7, 11) is 3.30. The van der Waals surface area contributed by atoms with Crippen molar-refractivity contribution < 1.29 is 28.5 Å². The molecule has 0 aromatic rings. The molecule has 40 heavy (non-hydrogen) atoms. The topological polar surface area (TPSA) is 138 Å². The van der Waals surface area contributed by atoms with Gasteiger partial charge < -0.3 is 35.7 Å². The minimum Gasteiger partial charge on any atom is -0.493 e. The second kappa shape index (κ2) is 15.7. The Bertz CT molecular complexity index is 941. The predicted octanol–water partition coefficient (Wildman–Crippen LogP) is 3.83. The van der Waals surface area contributed by atoms with Crippen molar-refractivity contribution in [2.45, 2.75) is 85.6 Å². The monoisotopic (exact) mass is 563 g/mol. The number of ketones is 1. The van der Waals surface area contributed by atoms with Crippen LogP contribution in [-0.2, 0) is 28.5 Å². The molecule has 3 unspecified atom stereocenters. The summed E-state index contributed by atoms with van der Waals surface area (Å²) in [6.45, 7) is 13.6. The van der Waals surface area contributed by atoms with Gasteiger partial charge in [0.2, 0.25) is 5.91 Å². The Kier molecular flexibility index (Phi) is 13.4. The highest BCUT2D eigenvalue weighted by Crippen LogP contribution is 2.37. The molecule has 9 heteroatoms. The normalized spacial score (nSPS) is 24.9. The number of nitrogens with two attached hydrogens (primary N) is 2. The molecule has 1 heterocycles. The van der Waals surface area contributed by atoms with E-state index in [2.05, 4.69) is 18.3 Å². The van der Waals surface area contributed by atoms with Crippen molar-refractivity contribution in [1.29, 1.82) is 0 Å². The van der Waals surface area contributed by atoms with Gasteiger partial charge in [-0.3, -0.25) is 9.59 Å². The Morgan fingerprint density at radius 1 is 1.23 bits per heavy atom. The number of ether oxygens (including phenoxy) is 4. The van der Waals surface area contributed by atoms with Crippen molar-refractivity contribution in [3.05, 3.63) is 35.3 Å². The maximum absolute atomic E-state index is 13.2. The zero-order valence-electron chi connectivity index (χ0n) is 25.8. The first kappa shape index (κ1) is 34.0. The summed E-state index contributed by atoms with van der Waals surface area (Å²) >= 11 is 0. The number of hydrogen-bond acceptors (Lipinski definition) is 8. The molecule has 0 spiro atoms. The highest BCUT2D eigenvalue weighted by molar-refractivity contribution is 5.89. The highest BCUT2D eigenvalue weighted by atomic mass is 16.6. The minimum absolute atomic E-state index is 0.00594. The minimum atomic E-state index is -0.623. The summed E-state index contributed by atoms with van der Waals surface area (Å²) in [5.41, 5.74) is 13.1. The van der Waals surface area contributed by atoms with Gasteiger partial charge in [0.15, 0.2) is 11.5 Å². The number of methoxy groups -OCH3 is 2. The van der Waals surface area contributed by atoms with E-state index in [-0.39, 0.29) is 53.6 Å². The van der Waals surface area contributed by atoms with Gasteiger partial charge in [0.25, 0.3) is 0 Å². The number of epoxide rings is 1. The fourth-order valence-corrected chi connectivity index (χ4v) is 5.29. The number of hydrogen-bond donors (Lipinski definition) is 3. The van der Waals surface area contributed by atoms with E-state index in [1.54, 1.807) is 14.2 Å². The van der Waals surface area contributed by atoms with Crippen LogP contribution in [0.4, 0.5) is 0 Å². The molecule has 1 aliphatic carbocycles. The van der Waals surface area contributed by atoms with Crippen LogP contribution in [-0.4, -0.2) is 64.0 Å². The van der Waals surface area contributed by atoms with Crippen molar-refractivity contribution in [3.8, 4) is 0 Å². The Hall–Kier alpha value is -2.20. The Balaban J connectivity index is 1.95. The second-order valence-electron chi connectivity index (χ2n) is 12.2. The molecular formula is C31H53N3O6. The van der Waals surface area contributed by atoms with Crippen molar-refractivity contribution >= 4 is 11.7 Å². The molecule has 1 amide bonds. The molecule has 0 bridgehead atoms. The number of Topliss-reactive ketones (excluding diaryl/α,β-unsaturated/α-hetero) is 1. The lowest BCUT2D eigenvalue weighted by atomic mass is 9.83. The van der Waals surface area contributed by atoms with Crippen LogP contribution in [0.15, 0.2) is 35.3 Å². The number of carbonyl (C=O) groups excluding carboxylic acids is 2. The summed E-state index contributed by atoms with van der Waals surface area (Å²) in [5, 5.41) is 3.02. The third kappa shape index (κ3) is 10.0. The Morgan fingerprint density at radius 3 is 2.45 bits per heavy atom. The van der Waals surface area contributed by atoms with Crippen LogP contribution in [0.25, 0.3) is 0 Å². The molecule has 6 atom stereocenters. The maximum Gasteiger partial charge on any atom is 0.223 e. The summed E-state index contributed by atoms with van der Waals surface area (Å²) in [4.78, 5) is 26.2. The summed E-state index contributed by atoms with van der Waals surface area (Å²) < 4.78 is 22.0. The van der Waals surface area contributed by atoms with E-state index in [0.29, 0.717) is 37.7 Å². The molecule has 0 aromatic heterocycles. The zero-order valence-corrected chi connectivity index (χ0v) is 25.8. The van der Waals surface area contributed by atoms with E-state index in [4.69, 9.17) is 30.4 Å². The number of carbonyl (C=O) groups is 2. The van der Waals surface area contributed by atoms with Gasteiger partial charge in [-0.2, -0.15) is 0 Å².